The predicted octanol–water partition coefficient (Wildman–Crippen LogP) is 4.87. The fourth-order valence-corrected chi connectivity index (χ4v) is 9.73. The minimum absolute atomic E-state index is 0.00790. The molecular weight excluding hydrogens is 926 g/mol. The Morgan fingerprint density at radius 2 is 1.61 bits per heavy atom. The summed E-state index contributed by atoms with van der Waals surface area (Å²) in [7, 11) is 0. The van der Waals surface area contributed by atoms with Gasteiger partial charge < -0.3 is 31.3 Å². The Hall–Kier alpha value is -8.13. The molecule has 3 aliphatic heterocycles. The van der Waals surface area contributed by atoms with Crippen molar-refractivity contribution in [2.45, 2.75) is 76.0 Å². The Morgan fingerprint density at radius 1 is 0.861 bits per heavy atom. The lowest BCUT2D eigenvalue weighted by Gasteiger charge is -2.36. The van der Waals surface area contributed by atoms with Crippen molar-refractivity contribution in [3.8, 4) is 11.3 Å². The SMILES string of the molecule is Nc1ncc(-c2cnn(C3CCN(CC4CCC(CNC(=O)Cc5cccc(NC6=CC(=O)N(C7CCC(=O)NC7=O)C6=O)c5)CC4)CC3)c2)nc1C(=O)O[C@@H](C(=O)Nc1ccc(F)cc1)c1ccccc1. The third-order valence-corrected chi connectivity index (χ3v) is 13.6. The summed E-state index contributed by atoms with van der Waals surface area (Å²) in [6.45, 7) is 3.47. The summed E-state index contributed by atoms with van der Waals surface area (Å²) in [6.07, 6.45) is 11.1. The number of carbonyl (C=O) groups excluding carboxylic acids is 7. The van der Waals surface area contributed by atoms with Crippen molar-refractivity contribution in [2.24, 2.45) is 11.8 Å². The number of rotatable bonds is 16. The van der Waals surface area contributed by atoms with E-state index in [0.29, 0.717) is 46.6 Å². The molecule has 72 heavy (non-hydrogen) atoms. The molecule has 372 valence electrons. The predicted molar refractivity (Wildman–Crippen MR) is 260 cm³/mol. The number of nitrogens with zero attached hydrogens (tertiary/aromatic N) is 6. The van der Waals surface area contributed by atoms with E-state index in [0.717, 1.165) is 74.7 Å². The van der Waals surface area contributed by atoms with Gasteiger partial charge in [-0.25, -0.2) is 19.2 Å². The minimum atomic E-state index is -1.37. The summed E-state index contributed by atoms with van der Waals surface area (Å²) in [5.74, 6) is -3.77. The van der Waals surface area contributed by atoms with Crippen LogP contribution in [0.15, 0.2) is 109 Å². The van der Waals surface area contributed by atoms with Crippen LogP contribution < -0.4 is 27.0 Å². The molecule has 2 atom stereocenters. The van der Waals surface area contributed by atoms with Crippen molar-refractivity contribution in [1.29, 1.82) is 0 Å². The fraction of sp³-hybridized carbons (Fsp3) is 0.346. The van der Waals surface area contributed by atoms with Gasteiger partial charge in [-0.1, -0.05) is 42.5 Å². The Kier molecular flexibility index (Phi) is 14.9. The highest BCUT2D eigenvalue weighted by molar-refractivity contribution is 6.20. The maximum absolute atomic E-state index is 13.6. The molecule has 2 aromatic heterocycles. The van der Waals surface area contributed by atoms with E-state index in [2.05, 4.69) is 41.2 Å². The standard InChI is InChI=1S/C52H54FN11O8/c53-36-13-15-37(16-14-36)59-50(69)47(34-6-2-1-3-7-34)72-52(71)46-48(54)56-28-41(60-46)35-27-57-63(30-35)39-19-21-62(22-20-39)29-32-11-9-31(10-12-32)26-55-44(66)24-33-5-4-8-38(23-33)58-40-25-45(67)64(51(40)70)42-17-18-43(65)61-49(42)68/h1-8,13-16,23,25,27-28,30-32,39,42,47,58H,9-12,17-22,24,26,29H2,(H2,54,56)(H,55,66)(H,59,69)(H,61,65,68)/t31?,32?,42?,47-/m1/s1. The molecule has 6 amide bonds. The molecular formula is C52H54FN11O8. The van der Waals surface area contributed by atoms with Gasteiger partial charge in [0.25, 0.3) is 17.7 Å². The lowest BCUT2D eigenvalue weighted by molar-refractivity contribution is -0.149. The monoisotopic (exact) mass is 979 g/mol. The number of ether oxygens (including phenoxy) is 1. The maximum Gasteiger partial charge on any atom is 0.361 e. The van der Waals surface area contributed by atoms with Gasteiger partial charge in [-0.2, -0.15) is 5.10 Å². The highest BCUT2D eigenvalue weighted by Gasteiger charge is 2.42. The van der Waals surface area contributed by atoms with Crippen molar-refractivity contribution < 1.29 is 42.7 Å². The van der Waals surface area contributed by atoms with Crippen LogP contribution in [0.25, 0.3) is 11.3 Å². The zero-order valence-corrected chi connectivity index (χ0v) is 39.3. The second-order valence-corrected chi connectivity index (χ2v) is 18.7. The largest absolute Gasteiger partial charge is 0.442 e. The smallest absolute Gasteiger partial charge is 0.361 e. The highest BCUT2D eigenvalue weighted by Crippen LogP contribution is 2.32. The van der Waals surface area contributed by atoms with E-state index in [4.69, 9.17) is 10.5 Å². The Labute approximate surface area is 413 Å². The molecule has 1 saturated carbocycles. The van der Waals surface area contributed by atoms with E-state index in [1.54, 1.807) is 54.7 Å². The zero-order chi connectivity index (χ0) is 50.3. The molecule has 2 saturated heterocycles. The van der Waals surface area contributed by atoms with Crippen LogP contribution in [-0.4, -0.2) is 103 Å². The molecule has 19 nitrogen and oxygen atoms in total. The first-order chi connectivity index (χ1) is 34.8. The van der Waals surface area contributed by atoms with Gasteiger partial charge in [0.1, 0.15) is 17.6 Å². The number of anilines is 3. The molecule has 1 aliphatic carbocycles. The summed E-state index contributed by atoms with van der Waals surface area (Å²) >= 11 is 0. The molecule has 3 aromatic carbocycles. The second kappa shape index (κ2) is 21.9. The van der Waals surface area contributed by atoms with Gasteiger partial charge in [-0.15, -0.1) is 0 Å². The molecule has 0 spiro atoms. The van der Waals surface area contributed by atoms with Gasteiger partial charge in [-0.05, 0) is 98.7 Å². The maximum atomic E-state index is 13.6. The van der Waals surface area contributed by atoms with Crippen molar-refractivity contribution >= 4 is 58.6 Å². The number of hydrogen-bond donors (Lipinski definition) is 5. The molecule has 5 heterocycles. The van der Waals surface area contributed by atoms with Gasteiger partial charge in [0.2, 0.25) is 23.8 Å². The number of nitrogen functional groups attached to an aromatic ring is 1. The number of esters is 1. The van der Waals surface area contributed by atoms with E-state index in [9.17, 15) is 38.0 Å². The molecule has 9 rings (SSSR count). The average molecular weight is 980 g/mol. The number of benzene rings is 3. The van der Waals surface area contributed by atoms with Crippen LogP contribution in [0.4, 0.5) is 21.6 Å². The van der Waals surface area contributed by atoms with E-state index in [1.807, 2.05) is 16.9 Å². The first-order valence-corrected chi connectivity index (χ1v) is 24.1. The number of hydrogen-bond acceptors (Lipinski definition) is 14. The molecule has 0 bridgehead atoms. The summed E-state index contributed by atoms with van der Waals surface area (Å²) in [5, 5.41) is 15.6. The molecule has 3 fully saturated rings. The first kappa shape index (κ1) is 48.9. The number of imide groups is 2. The normalized spacial score (nSPS) is 20.1. The molecule has 4 aliphatic rings. The Morgan fingerprint density at radius 3 is 2.36 bits per heavy atom. The fourth-order valence-electron chi connectivity index (χ4n) is 9.73. The quantitative estimate of drug-likeness (QED) is 0.0654. The number of amides is 6. The molecule has 1 unspecified atom stereocenters. The van der Waals surface area contributed by atoms with Crippen LogP contribution in [0.1, 0.15) is 85.1 Å². The molecule has 0 radical (unpaired) electrons. The van der Waals surface area contributed by atoms with E-state index in [1.165, 1.54) is 30.5 Å². The Bertz CT molecular complexity index is 2890. The van der Waals surface area contributed by atoms with Crippen molar-refractivity contribution in [3.63, 3.8) is 0 Å². The van der Waals surface area contributed by atoms with Crippen LogP contribution >= 0.6 is 0 Å². The third-order valence-electron chi connectivity index (χ3n) is 13.6. The highest BCUT2D eigenvalue weighted by atomic mass is 19.1. The van der Waals surface area contributed by atoms with E-state index < -0.39 is 53.5 Å². The number of aromatic nitrogens is 4. The number of likely N-dealkylation sites (tertiary alicyclic amines) is 1. The van der Waals surface area contributed by atoms with Gasteiger partial charge in [0, 0.05) is 67.4 Å². The molecule has 5 aromatic rings. The van der Waals surface area contributed by atoms with Crippen LogP contribution in [0.2, 0.25) is 0 Å². The number of nitrogens with two attached hydrogens (primary N) is 1. The average Bonchev–Trinajstić information content (AvgIpc) is 3.98. The number of nitrogens with one attached hydrogen (secondary N) is 4. The lowest BCUT2D eigenvalue weighted by atomic mass is 9.81. The van der Waals surface area contributed by atoms with Crippen LogP contribution in [0, 0.1) is 17.7 Å². The zero-order valence-electron chi connectivity index (χ0n) is 39.3. The molecule has 6 N–H and O–H groups in total. The van der Waals surface area contributed by atoms with Crippen LogP contribution in [0.3, 0.4) is 0 Å². The third kappa shape index (κ3) is 11.7. The van der Waals surface area contributed by atoms with Crippen molar-refractivity contribution in [3.05, 3.63) is 132 Å². The van der Waals surface area contributed by atoms with Gasteiger partial charge in [-0.3, -0.25) is 43.7 Å². The lowest BCUT2D eigenvalue weighted by Crippen LogP contribution is -2.54. The van der Waals surface area contributed by atoms with Gasteiger partial charge in [0.15, 0.2) is 11.5 Å². The van der Waals surface area contributed by atoms with Crippen molar-refractivity contribution in [1.82, 2.24) is 40.2 Å². The second-order valence-electron chi connectivity index (χ2n) is 18.7. The van der Waals surface area contributed by atoms with Gasteiger partial charge >= 0.3 is 5.97 Å². The summed E-state index contributed by atoms with van der Waals surface area (Å²) in [5.41, 5.74) is 8.86. The van der Waals surface area contributed by atoms with Crippen molar-refractivity contribution in [2.75, 3.05) is 42.5 Å². The number of halogens is 1. The first-order valence-electron chi connectivity index (χ1n) is 24.1. The minimum Gasteiger partial charge on any atom is -0.442 e. The van der Waals surface area contributed by atoms with Gasteiger partial charge in [0.05, 0.1) is 30.6 Å². The van der Waals surface area contributed by atoms with E-state index in [-0.39, 0.29) is 48.4 Å². The van der Waals surface area contributed by atoms with Crippen LogP contribution in [-0.2, 0) is 39.9 Å². The van der Waals surface area contributed by atoms with E-state index >= 15 is 0 Å². The Balaban J connectivity index is 0.702. The summed E-state index contributed by atoms with van der Waals surface area (Å²) in [4.78, 5) is 102. The number of piperidine rings is 2. The summed E-state index contributed by atoms with van der Waals surface area (Å²) in [6, 6.07) is 19.9. The number of carbonyl (C=O) groups is 7. The van der Waals surface area contributed by atoms with Crippen LogP contribution in [0.5, 0.6) is 0 Å². The topological polar surface area (TPSA) is 253 Å². The molecule has 20 heteroatoms. The summed E-state index contributed by atoms with van der Waals surface area (Å²) < 4.78 is 21.2.